The third-order valence-electron chi connectivity index (χ3n) is 2.10. The van der Waals surface area contributed by atoms with Gasteiger partial charge in [0.2, 0.25) is 5.88 Å². The molecule has 0 spiro atoms. The molecule has 1 aromatic rings. The van der Waals surface area contributed by atoms with Crippen LogP contribution in [0.5, 0.6) is 5.88 Å². The van der Waals surface area contributed by atoms with Gasteiger partial charge in [-0.1, -0.05) is 20.8 Å². The second-order valence-electron chi connectivity index (χ2n) is 4.29. The second kappa shape index (κ2) is 3.36. The molecule has 0 N–H and O–H groups in total. The molecule has 0 bridgehead atoms. The summed E-state index contributed by atoms with van der Waals surface area (Å²) in [7, 11) is 1.64. The lowest BCUT2D eigenvalue weighted by Gasteiger charge is -2.21. The van der Waals surface area contributed by atoms with Crippen LogP contribution in [0.2, 0.25) is 0 Å². The van der Waals surface area contributed by atoms with E-state index in [1.165, 1.54) is 11.1 Å². The fourth-order valence-electron chi connectivity index (χ4n) is 1.43. The SMILES string of the molecule is COc1cc(C)c(C(C)(C)C)cn1. The first kappa shape index (κ1) is 10.0. The van der Waals surface area contributed by atoms with Gasteiger partial charge in [-0.15, -0.1) is 0 Å². The molecular formula is C11H17NO. The van der Waals surface area contributed by atoms with Gasteiger partial charge in [0, 0.05) is 12.3 Å². The molecule has 1 rings (SSSR count). The molecule has 1 aromatic heterocycles. The Kier molecular flexibility index (Phi) is 2.60. The maximum atomic E-state index is 5.05. The molecule has 2 nitrogen and oxygen atoms in total. The van der Waals surface area contributed by atoms with E-state index in [1.54, 1.807) is 7.11 Å². The first-order valence-corrected chi connectivity index (χ1v) is 4.46. The molecule has 0 aliphatic heterocycles. The van der Waals surface area contributed by atoms with Gasteiger partial charge in [-0.25, -0.2) is 4.98 Å². The van der Waals surface area contributed by atoms with E-state index in [1.807, 2.05) is 12.3 Å². The molecule has 0 aromatic carbocycles. The summed E-state index contributed by atoms with van der Waals surface area (Å²) in [6.07, 6.45) is 1.90. The molecule has 2 heteroatoms. The van der Waals surface area contributed by atoms with Gasteiger partial charge in [0.25, 0.3) is 0 Å². The number of hydrogen-bond donors (Lipinski definition) is 0. The molecule has 13 heavy (non-hydrogen) atoms. The minimum atomic E-state index is 0.156. The maximum absolute atomic E-state index is 5.05. The summed E-state index contributed by atoms with van der Waals surface area (Å²) >= 11 is 0. The van der Waals surface area contributed by atoms with Crippen molar-refractivity contribution in [3.8, 4) is 5.88 Å². The Bertz CT molecular complexity index is 299. The van der Waals surface area contributed by atoms with Crippen LogP contribution in [0.3, 0.4) is 0 Å². The summed E-state index contributed by atoms with van der Waals surface area (Å²) in [5, 5.41) is 0. The summed E-state index contributed by atoms with van der Waals surface area (Å²) in [6.45, 7) is 8.64. The standard InChI is InChI=1S/C11H17NO/c1-8-6-10(13-5)12-7-9(8)11(2,3)4/h6-7H,1-5H3. The number of methoxy groups -OCH3 is 1. The first-order chi connectivity index (χ1) is 5.95. The molecule has 0 aliphatic rings. The Morgan fingerprint density at radius 3 is 2.31 bits per heavy atom. The molecule has 0 aliphatic carbocycles. The molecule has 0 unspecified atom stereocenters. The van der Waals surface area contributed by atoms with Crippen LogP contribution in [0.15, 0.2) is 12.3 Å². The lowest BCUT2D eigenvalue weighted by atomic mass is 9.85. The monoisotopic (exact) mass is 179 g/mol. The van der Waals surface area contributed by atoms with Crippen molar-refractivity contribution in [3.05, 3.63) is 23.4 Å². The number of pyridine rings is 1. The average molecular weight is 179 g/mol. The van der Waals surface area contributed by atoms with Crippen molar-refractivity contribution in [1.82, 2.24) is 4.98 Å². The predicted octanol–water partition coefficient (Wildman–Crippen LogP) is 2.70. The molecule has 72 valence electrons. The van der Waals surface area contributed by atoms with E-state index in [2.05, 4.69) is 32.7 Å². The smallest absolute Gasteiger partial charge is 0.213 e. The average Bonchev–Trinajstić information content (AvgIpc) is 2.01. The zero-order chi connectivity index (χ0) is 10.1. The van der Waals surface area contributed by atoms with E-state index in [-0.39, 0.29) is 5.41 Å². The quantitative estimate of drug-likeness (QED) is 0.661. The Labute approximate surface area is 80.0 Å². The summed E-state index contributed by atoms with van der Waals surface area (Å²) in [4.78, 5) is 4.20. The van der Waals surface area contributed by atoms with E-state index in [9.17, 15) is 0 Å². The highest BCUT2D eigenvalue weighted by molar-refractivity contribution is 5.32. The molecule has 0 radical (unpaired) electrons. The van der Waals surface area contributed by atoms with Crippen LogP contribution in [0.1, 0.15) is 31.9 Å². The summed E-state index contributed by atoms with van der Waals surface area (Å²) in [5.74, 6) is 0.686. The summed E-state index contributed by atoms with van der Waals surface area (Å²) < 4.78 is 5.05. The second-order valence-corrected chi connectivity index (χ2v) is 4.29. The highest BCUT2D eigenvalue weighted by Crippen LogP contribution is 2.26. The number of hydrogen-bond acceptors (Lipinski definition) is 2. The van der Waals surface area contributed by atoms with Crippen molar-refractivity contribution in [3.63, 3.8) is 0 Å². The van der Waals surface area contributed by atoms with Gasteiger partial charge in [0.15, 0.2) is 0 Å². The zero-order valence-electron chi connectivity index (χ0n) is 9.01. The first-order valence-electron chi connectivity index (χ1n) is 4.46. The van der Waals surface area contributed by atoms with Crippen LogP contribution in [0.4, 0.5) is 0 Å². The van der Waals surface area contributed by atoms with Gasteiger partial charge in [-0.3, -0.25) is 0 Å². The summed E-state index contributed by atoms with van der Waals surface area (Å²) in [6, 6.07) is 1.97. The third-order valence-corrected chi connectivity index (χ3v) is 2.10. The Morgan fingerprint density at radius 1 is 1.31 bits per heavy atom. The normalized spacial score (nSPS) is 11.5. The van der Waals surface area contributed by atoms with Gasteiger partial charge in [-0.05, 0) is 23.5 Å². The van der Waals surface area contributed by atoms with Crippen LogP contribution in [-0.2, 0) is 5.41 Å². The molecule has 1 heterocycles. The van der Waals surface area contributed by atoms with Crippen molar-refractivity contribution in [1.29, 1.82) is 0 Å². The number of aromatic nitrogens is 1. The van der Waals surface area contributed by atoms with Gasteiger partial charge >= 0.3 is 0 Å². The zero-order valence-corrected chi connectivity index (χ0v) is 9.01. The lowest BCUT2D eigenvalue weighted by Crippen LogP contribution is -2.13. The number of nitrogens with zero attached hydrogens (tertiary/aromatic N) is 1. The number of ether oxygens (including phenoxy) is 1. The van der Waals surface area contributed by atoms with E-state index >= 15 is 0 Å². The van der Waals surface area contributed by atoms with Crippen molar-refractivity contribution >= 4 is 0 Å². The lowest BCUT2D eigenvalue weighted by molar-refractivity contribution is 0.396. The molecule has 0 saturated heterocycles. The molecule has 0 amide bonds. The van der Waals surface area contributed by atoms with Crippen LogP contribution in [-0.4, -0.2) is 12.1 Å². The highest BCUT2D eigenvalue weighted by Gasteiger charge is 2.16. The highest BCUT2D eigenvalue weighted by atomic mass is 16.5. The summed E-state index contributed by atoms with van der Waals surface area (Å²) in [5.41, 5.74) is 2.66. The van der Waals surface area contributed by atoms with Crippen LogP contribution in [0, 0.1) is 6.92 Å². The predicted molar refractivity (Wildman–Crippen MR) is 54.2 cm³/mol. The van der Waals surface area contributed by atoms with Crippen LogP contribution in [0.25, 0.3) is 0 Å². The van der Waals surface area contributed by atoms with Gasteiger partial charge < -0.3 is 4.74 Å². The van der Waals surface area contributed by atoms with E-state index in [0.717, 1.165) is 0 Å². The van der Waals surface area contributed by atoms with Gasteiger partial charge in [-0.2, -0.15) is 0 Å². The van der Waals surface area contributed by atoms with E-state index in [4.69, 9.17) is 4.74 Å². The van der Waals surface area contributed by atoms with Crippen LogP contribution < -0.4 is 4.74 Å². The number of aryl methyl sites for hydroxylation is 1. The van der Waals surface area contributed by atoms with Crippen LogP contribution >= 0.6 is 0 Å². The molecular weight excluding hydrogens is 162 g/mol. The molecule has 0 fully saturated rings. The molecule has 0 saturated carbocycles. The Balaban J connectivity index is 3.13. The van der Waals surface area contributed by atoms with Crippen molar-refractivity contribution in [2.24, 2.45) is 0 Å². The minimum absolute atomic E-state index is 0.156. The molecule has 0 atom stereocenters. The third kappa shape index (κ3) is 2.20. The fourth-order valence-corrected chi connectivity index (χ4v) is 1.43. The van der Waals surface area contributed by atoms with E-state index in [0.29, 0.717) is 5.88 Å². The fraction of sp³-hybridized carbons (Fsp3) is 0.545. The van der Waals surface area contributed by atoms with Gasteiger partial charge in [0.05, 0.1) is 7.11 Å². The van der Waals surface area contributed by atoms with E-state index < -0.39 is 0 Å². The van der Waals surface area contributed by atoms with Crippen molar-refractivity contribution in [2.45, 2.75) is 33.1 Å². The Morgan fingerprint density at radius 2 is 1.92 bits per heavy atom. The maximum Gasteiger partial charge on any atom is 0.213 e. The topological polar surface area (TPSA) is 22.1 Å². The number of rotatable bonds is 1. The van der Waals surface area contributed by atoms with Crippen molar-refractivity contribution in [2.75, 3.05) is 7.11 Å². The minimum Gasteiger partial charge on any atom is -0.481 e. The van der Waals surface area contributed by atoms with Gasteiger partial charge in [0.1, 0.15) is 0 Å². The Hall–Kier alpha value is -1.05. The largest absolute Gasteiger partial charge is 0.481 e. The van der Waals surface area contributed by atoms with Crippen molar-refractivity contribution < 1.29 is 4.74 Å².